The molecule has 0 aliphatic heterocycles. The normalized spacial score (nSPS) is 13.0. The predicted molar refractivity (Wildman–Crippen MR) is 66.9 cm³/mol. The highest BCUT2D eigenvalue weighted by Crippen LogP contribution is 2.31. The van der Waals surface area contributed by atoms with Crippen molar-refractivity contribution in [2.24, 2.45) is 12.9 Å². The van der Waals surface area contributed by atoms with E-state index in [2.05, 4.69) is 31.4 Å². The molecule has 0 spiro atoms. The summed E-state index contributed by atoms with van der Waals surface area (Å²) in [5.74, 6) is 5.63. The van der Waals surface area contributed by atoms with Crippen LogP contribution >= 0.6 is 27.3 Å². The van der Waals surface area contributed by atoms with E-state index in [0.29, 0.717) is 0 Å². The fraction of sp³-hybridized carbons (Fsp3) is 0.333. The standard InChI is InChI=1S/C9H12BrN5S/c1-5-9(16-4-12-5)7(14-11)8-6(10)3-13-15(8)2/h3-4,7,14H,11H2,1-2H3. The van der Waals surface area contributed by atoms with Crippen molar-refractivity contribution in [1.29, 1.82) is 0 Å². The molecule has 1 atom stereocenters. The first-order valence-electron chi connectivity index (χ1n) is 4.68. The molecule has 0 aliphatic rings. The molecule has 0 aliphatic carbocycles. The number of thiazole rings is 1. The van der Waals surface area contributed by atoms with Gasteiger partial charge in [-0.25, -0.2) is 10.4 Å². The molecular formula is C9H12BrN5S. The average Bonchev–Trinajstić information content (AvgIpc) is 2.80. The van der Waals surface area contributed by atoms with Crippen LogP contribution in [0.4, 0.5) is 0 Å². The monoisotopic (exact) mass is 301 g/mol. The number of rotatable bonds is 3. The Kier molecular flexibility index (Phi) is 3.38. The maximum absolute atomic E-state index is 5.63. The van der Waals surface area contributed by atoms with Crippen LogP contribution in [0.1, 0.15) is 22.3 Å². The van der Waals surface area contributed by atoms with Crippen LogP contribution in [0.2, 0.25) is 0 Å². The molecule has 0 fully saturated rings. The molecular weight excluding hydrogens is 290 g/mol. The largest absolute Gasteiger partial charge is 0.270 e. The van der Waals surface area contributed by atoms with Crippen molar-refractivity contribution >= 4 is 27.3 Å². The highest BCUT2D eigenvalue weighted by atomic mass is 79.9. The first-order chi connectivity index (χ1) is 7.65. The van der Waals surface area contributed by atoms with E-state index in [9.17, 15) is 0 Å². The molecule has 0 bridgehead atoms. The number of aromatic nitrogens is 3. The molecule has 2 aromatic heterocycles. The van der Waals surface area contributed by atoms with Gasteiger partial charge in [0.1, 0.15) is 0 Å². The molecule has 2 aromatic rings. The van der Waals surface area contributed by atoms with Crippen molar-refractivity contribution < 1.29 is 0 Å². The van der Waals surface area contributed by atoms with Gasteiger partial charge in [0.05, 0.1) is 38.5 Å². The molecule has 2 heterocycles. The van der Waals surface area contributed by atoms with Gasteiger partial charge in [0.15, 0.2) is 0 Å². The van der Waals surface area contributed by atoms with E-state index in [1.54, 1.807) is 22.2 Å². The van der Waals surface area contributed by atoms with Gasteiger partial charge in [-0.2, -0.15) is 5.10 Å². The van der Waals surface area contributed by atoms with E-state index in [0.717, 1.165) is 20.7 Å². The second kappa shape index (κ2) is 4.62. The summed E-state index contributed by atoms with van der Waals surface area (Å²) in [6.07, 6.45) is 1.76. The maximum atomic E-state index is 5.63. The Balaban J connectivity index is 2.49. The maximum Gasteiger partial charge on any atom is 0.1000 e. The summed E-state index contributed by atoms with van der Waals surface area (Å²) in [4.78, 5) is 5.34. The minimum absolute atomic E-state index is 0.0885. The zero-order chi connectivity index (χ0) is 11.7. The van der Waals surface area contributed by atoms with Crippen molar-refractivity contribution in [2.45, 2.75) is 13.0 Å². The molecule has 0 saturated carbocycles. The number of hydrogen-bond donors (Lipinski definition) is 2. The summed E-state index contributed by atoms with van der Waals surface area (Å²) in [6.45, 7) is 1.97. The molecule has 7 heteroatoms. The molecule has 0 radical (unpaired) electrons. The molecule has 0 saturated heterocycles. The minimum Gasteiger partial charge on any atom is -0.270 e. The van der Waals surface area contributed by atoms with E-state index in [4.69, 9.17) is 5.84 Å². The summed E-state index contributed by atoms with van der Waals surface area (Å²) in [7, 11) is 1.89. The van der Waals surface area contributed by atoms with Crippen LogP contribution in [0.3, 0.4) is 0 Å². The summed E-state index contributed by atoms with van der Waals surface area (Å²) in [5, 5.41) is 4.18. The van der Waals surface area contributed by atoms with Crippen molar-refractivity contribution in [3.05, 3.63) is 32.4 Å². The second-order valence-electron chi connectivity index (χ2n) is 3.40. The van der Waals surface area contributed by atoms with Crippen molar-refractivity contribution in [1.82, 2.24) is 20.2 Å². The average molecular weight is 302 g/mol. The number of nitrogens with zero attached hydrogens (tertiary/aromatic N) is 3. The fourth-order valence-electron chi connectivity index (χ4n) is 1.61. The van der Waals surface area contributed by atoms with Gasteiger partial charge in [-0.15, -0.1) is 11.3 Å². The van der Waals surface area contributed by atoms with Gasteiger partial charge < -0.3 is 0 Å². The predicted octanol–water partition coefficient (Wildman–Crippen LogP) is 1.50. The van der Waals surface area contributed by atoms with Gasteiger partial charge in [0.25, 0.3) is 0 Å². The van der Waals surface area contributed by atoms with Gasteiger partial charge in [0, 0.05) is 7.05 Å². The highest BCUT2D eigenvalue weighted by Gasteiger charge is 2.22. The lowest BCUT2D eigenvalue weighted by atomic mass is 10.1. The van der Waals surface area contributed by atoms with Gasteiger partial charge in [-0.05, 0) is 22.9 Å². The third kappa shape index (κ3) is 1.91. The highest BCUT2D eigenvalue weighted by molar-refractivity contribution is 9.10. The molecule has 16 heavy (non-hydrogen) atoms. The van der Waals surface area contributed by atoms with Gasteiger partial charge >= 0.3 is 0 Å². The number of halogens is 1. The molecule has 0 aromatic carbocycles. The first-order valence-corrected chi connectivity index (χ1v) is 6.36. The Bertz CT molecular complexity index is 472. The van der Waals surface area contributed by atoms with E-state index in [-0.39, 0.29) is 6.04 Å². The van der Waals surface area contributed by atoms with Crippen LogP contribution in [0, 0.1) is 6.92 Å². The Labute approximate surface area is 106 Å². The lowest BCUT2D eigenvalue weighted by Crippen LogP contribution is -2.30. The van der Waals surface area contributed by atoms with Crippen LogP contribution in [-0.4, -0.2) is 14.8 Å². The third-order valence-corrected chi connectivity index (χ3v) is 4.03. The van der Waals surface area contributed by atoms with Crippen LogP contribution < -0.4 is 11.3 Å². The van der Waals surface area contributed by atoms with Gasteiger partial charge in [0.2, 0.25) is 0 Å². The van der Waals surface area contributed by atoms with E-state index in [1.807, 2.05) is 19.5 Å². The quantitative estimate of drug-likeness (QED) is 0.666. The number of hydrogen-bond acceptors (Lipinski definition) is 5. The summed E-state index contributed by atoms with van der Waals surface area (Å²) < 4.78 is 2.74. The Hall–Kier alpha value is -0.760. The van der Waals surface area contributed by atoms with E-state index < -0.39 is 0 Å². The lowest BCUT2D eigenvalue weighted by Gasteiger charge is -2.16. The topological polar surface area (TPSA) is 68.8 Å². The number of nitrogens with one attached hydrogen (secondary N) is 1. The lowest BCUT2D eigenvalue weighted by molar-refractivity contribution is 0.577. The Morgan fingerprint density at radius 3 is 2.81 bits per heavy atom. The van der Waals surface area contributed by atoms with Crippen molar-refractivity contribution in [3.63, 3.8) is 0 Å². The van der Waals surface area contributed by atoms with Crippen LogP contribution in [0.5, 0.6) is 0 Å². The summed E-state index contributed by atoms with van der Waals surface area (Å²) >= 11 is 5.06. The Morgan fingerprint density at radius 1 is 1.62 bits per heavy atom. The molecule has 5 nitrogen and oxygen atoms in total. The second-order valence-corrected chi connectivity index (χ2v) is 5.14. The fourth-order valence-corrected chi connectivity index (χ4v) is 3.05. The zero-order valence-corrected chi connectivity index (χ0v) is 11.3. The molecule has 86 valence electrons. The first kappa shape index (κ1) is 11.7. The van der Waals surface area contributed by atoms with Crippen molar-refractivity contribution in [2.75, 3.05) is 0 Å². The van der Waals surface area contributed by atoms with Crippen molar-refractivity contribution in [3.8, 4) is 0 Å². The molecule has 1 unspecified atom stereocenters. The smallest absolute Gasteiger partial charge is 0.1000 e. The third-order valence-electron chi connectivity index (χ3n) is 2.42. The number of hydrazine groups is 1. The Morgan fingerprint density at radius 2 is 2.38 bits per heavy atom. The van der Waals surface area contributed by atoms with E-state index in [1.165, 1.54) is 0 Å². The SMILES string of the molecule is Cc1ncsc1C(NN)c1c(Br)cnn1C. The molecule has 0 amide bonds. The minimum atomic E-state index is -0.0885. The molecule has 3 N–H and O–H groups in total. The van der Waals surface area contributed by atoms with E-state index >= 15 is 0 Å². The van der Waals surface area contributed by atoms with Crippen LogP contribution in [0.15, 0.2) is 16.2 Å². The number of aryl methyl sites for hydroxylation is 2. The summed E-state index contributed by atoms with van der Waals surface area (Å²) in [5.41, 5.74) is 6.61. The molecule has 2 rings (SSSR count). The van der Waals surface area contributed by atoms with Gasteiger partial charge in [-0.1, -0.05) is 0 Å². The van der Waals surface area contributed by atoms with Crippen LogP contribution in [-0.2, 0) is 7.05 Å². The number of nitrogens with two attached hydrogens (primary N) is 1. The summed E-state index contributed by atoms with van der Waals surface area (Å²) in [6, 6.07) is -0.0885. The van der Waals surface area contributed by atoms with Gasteiger partial charge in [-0.3, -0.25) is 10.5 Å². The van der Waals surface area contributed by atoms with Crippen LogP contribution in [0.25, 0.3) is 0 Å². The zero-order valence-electron chi connectivity index (χ0n) is 8.94.